The Balaban J connectivity index is 2.01. The van der Waals surface area contributed by atoms with E-state index in [1.54, 1.807) is 11.6 Å². The molecule has 1 heterocycles. The minimum Gasteiger partial charge on any atom is -0.481 e. The molecule has 2 unspecified atom stereocenters. The van der Waals surface area contributed by atoms with Crippen molar-refractivity contribution < 1.29 is 14.7 Å². The summed E-state index contributed by atoms with van der Waals surface area (Å²) in [7, 11) is 0. The van der Waals surface area contributed by atoms with E-state index in [2.05, 4.69) is 10.4 Å². The second-order valence-electron chi connectivity index (χ2n) is 5.82. The van der Waals surface area contributed by atoms with E-state index in [-0.39, 0.29) is 18.5 Å². The Kier molecular flexibility index (Phi) is 3.83. The third-order valence-corrected chi connectivity index (χ3v) is 4.18. The van der Waals surface area contributed by atoms with Gasteiger partial charge < -0.3 is 10.4 Å². The van der Waals surface area contributed by atoms with Crippen molar-refractivity contribution >= 4 is 11.9 Å². The zero-order valence-electron chi connectivity index (χ0n) is 12.1. The molecule has 0 aliphatic heterocycles. The number of hydrogen-bond donors (Lipinski definition) is 2. The van der Waals surface area contributed by atoms with Gasteiger partial charge in [-0.05, 0) is 39.7 Å². The molecule has 1 fully saturated rings. The number of carboxylic acids is 1. The highest BCUT2D eigenvalue weighted by Gasteiger charge is 2.45. The van der Waals surface area contributed by atoms with E-state index in [1.807, 2.05) is 19.9 Å². The van der Waals surface area contributed by atoms with E-state index in [1.165, 1.54) is 0 Å². The summed E-state index contributed by atoms with van der Waals surface area (Å²) >= 11 is 0. The summed E-state index contributed by atoms with van der Waals surface area (Å²) in [6.45, 7) is 5.60. The monoisotopic (exact) mass is 279 g/mol. The van der Waals surface area contributed by atoms with Gasteiger partial charge in [0.15, 0.2) is 0 Å². The summed E-state index contributed by atoms with van der Waals surface area (Å²) in [4.78, 5) is 23.4. The normalized spacial score (nSPS) is 25.6. The Morgan fingerprint density at radius 1 is 1.55 bits per heavy atom. The maximum absolute atomic E-state index is 12.1. The summed E-state index contributed by atoms with van der Waals surface area (Å²) < 4.78 is 1.64. The van der Waals surface area contributed by atoms with Gasteiger partial charge >= 0.3 is 5.97 Å². The number of aliphatic carboxylic acids is 1. The van der Waals surface area contributed by atoms with E-state index in [9.17, 15) is 14.7 Å². The lowest BCUT2D eigenvalue weighted by Gasteiger charge is -2.27. The van der Waals surface area contributed by atoms with Crippen molar-refractivity contribution in [3.63, 3.8) is 0 Å². The summed E-state index contributed by atoms with van der Waals surface area (Å²) in [5.41, 5.74) is 0.932. The molecule has 0 bridgehead atoms. The number of aryl methyl sites for hydroxylation is 2. The third kappa shape index (κ3) is 2.69. The summed E-state index contributed by atoms with van der Waals surface area (Å²) in [5, 5.41) is 16.4. The lowest BCUT2D eigenvalue weighted by Crippen LogP contribution is -2.48. The second kappa shape index (κ2) is 5.26. The molecule has 2 atom stereocenters. The number of hydrogen-bond acceptors (Lipinski definition) is 3. The number of amides is 1. The van der Waals surface area contributed by atoms with Gasteiger partial charge in [0.25, 0.3) is 0 Å². The standard InChI is InChI=1S/C14H21N3O3/c1-9-7-10(2)17(16-9)8-12(18)15-11-5-4-6-14(11,3)13(19)20/h7,11H,4-6,8H2,1-3H3,(H,15,18)(H,19,20). The molecule has 2 rings (SSSR count). The highest BCUT2D eigenvalue weighted by atomic mass is 16.4. The van der Waals surface area contributed by atoms with Crippen LogP contribution in [0.3, 0.4) is 0 Å². The molecule has 0 radical (unpaired) electrons. The first kappa shape index (κ1) is 14.6. The largest absolute Gasteiger partial charge is 0.481 e. The van der Waals surface area contributed by atoms with Crippen LogP contribution in [0.25, 0.3) is 0 Å². The molecule has 1 amide bonds. The van der Waals surface area contributed by atoms with Crippen LogP contribution < -0.4 is 5.32 Å². The maximum atomic E-state index is 12.1. The average Bonchev–Trinajstić information content (AvgIpc) is 2.85. The highest BCUT2D eigenvalue weighted by molar-refractivity contribution is 5.80. The first-order valence-electron chi connectivity index (χ1n) is 6.87. The van der Waals surface area contributed by atoms with Crippen molar-refractivity contribution in [3.8, 4) is 0 Å². The first-order chi connectivity index (χ1) is 9.33. The zero-order valence-corrected chi connectivity index (χ0v) is 12.1. The van der Waals surface area contributed by atoms with Gasteiger partial charge in [0.2, 0.25) is 5.91 Å². The van der Waals surface area contributed by atoms with Gasteiger partial charge in [-0.25, -0.2) is 0 Å². The van der Waals surface area contributed by atoms with Crippen molar-refractivity contribution in [2.75, 3.05) is 0 Å². The van der Waals surface area contributed by atoms with Gasteiger partial charge in [0, 0.05) is 11.7 Å². The van der Waals surface area contributed by atoms with Gasteiger partial charge in [-0.2, -0.15) is 5.10 Å². The van der Waals surface area contributed by atoms with Crippen LogP contribution in [0.1, 0.15) is 37.6 Å². The smallest absolute Gasteiger partial charge is 0.311 e. The lowest BCUT2D eigenvalue weighted by atomic mass is 9.85. The Morgan fingerprint density at radius 2 is 2.25 bits per heavy atom. The molecule has 6 heteroatoms. The fraction of sp³-hybridized carbons (Fsp3) is 0.643. The summed E-state index contributed by atoms with van der Waals surface area (Å²) in [6.07, 6.45) is 2.15. The van der Waals surface area contributed by atoms with Crippen molar-refractivity contribution in [2.45, 2.75) is 52.6 Å². The van der Waals surface area contributed by atoms with Crippen LogP contribution >= 0.6 is 0 Å². The van der Waals surface area contributed by atoms with Crippen molar-refractivity contribution in [1.82, 2.24) is 15.1 Å². The van der Waals surface area contributed by atoms with Gasteiger partial charge in [-0.1, -0.05) is 6.42 Å². The van der Waals surface area contributed by atoms with Crippen molar-refractivity contribution in [2.24, 2.45) is 5.41 Å². The summed E-state index contributed by atoms with van der Waals surface area (Å²) in [6, 6.07) is 1.61. The molecule has 20 heavy (non-hydrogen) atoms. The minimum atomic E-state index is -0.856. The van der Waals surface area contributed by atoms with E-state index in [4.69, 9.17) is 0 Å². The Morgan fingerprint density at radius 3 is 2.80 bits per heavy atom. The van der Waals surface area contributed by atoms with Crippen LogP contribution in [0, 0.1) is 19.3 Å². The topological polar surface area (TPSA) is 84.2 Å². The molecule has 110 valence electrons. The fourth-order valence-electron chi connectivity index (χ4n) is 2.86. The molecular formula is C14H21N3O3. The van der Waals surface area contributed by atoms with E-state index in [0.717, 1.165) is 17.8 Å². The molecule has 1 aliphatic carbocycles. The molecule has 1 saturated carbocycles. The molecule has 1 aromatic rings. The number of aromatic nitrogens is 2. The van der Waals surface area contributed by atoms with Crippen LogP contribution in [-0.2, 0) is 16.1 Å². The Hall–Kier alpha value is -1.85. The van der Waals surface area contributed by atoms with Gasteiger partial charge in [0.1, 0.15) is 6.54 Å². The number of rotatable bonds is 4. The molecule has 0 saturated heterocycles. The molecule has 1 aromatic heterocycles. The van der Waals surface area contributed by atoms with Crippen LogP contribution in [0.5, 0.6) is 0 Å². The van der Waals surface area contributed by atoms with E-state index in [0.29, 0.717) is 12.8 Å². The predicted molar refractivity (Wildman–Crippen MR) is 73.2 cm³/mol. The SMILES string of the molecule is Cc1cc(C)n(CC(=O)NC2CCCC2(C)C(=O)O)n1. The predicted octanol–water partition coefficient (Wildman–Crippen LogP) is 1.26. The van der Waals surface area contributed by atoms with Crippen LogP contribution in [-0.4, -0.2) is 32.8 Å². The molecule has 1 aliphatic rings. The van der Waals surface area contributed by atoms with E-state index >= 15 is 0 Å². The molecule has 2 N–H and O–H groups in total. The number of nitrogens with one attached hydrogen (secondary N) is 1. The van der Waals surface area contributed by atoms with Gasteiger partial charge in [-0.15, -0.1) is 0 Å². The van der Waals surface area contributed by atoms with Gasteiger partial charge in [-0.3, -0.25) is 14.3 Å². The van der Waals surface area contributed by atoms with Gasteiger partial charge in [0.05, 0.1) is 11.1 Å². The molecule has 0 spiro atoms. The van der Waals surface area contributed by atoms with Crippen LogP contribution in [0.15, 0.2) is 6.07 Å². The number of carbonyl (C=O) groups excluding carboxylic acids is 1. The van der Waals surface area contributed by atoms with Crippen molar-refractivity contribution in [3.05, 3.63) is 17.5 Å². The minimum absolute atomic E-state index is 0.131. The Labute approximate surface area is 118 Å². The molecule has 6 nitrogen and oxygen atoms in total. The number of nitrogens with zero attached hydrogens (tertiary/aromatic N) is 2. The zero-order chi connectivity index (χ0) is 14.9. The lowest BCUT2D eigenvalue weighted by molar-refractivity contribution is -0.149. The maximum Gasteiger partial charge on any atom is 0.311 e. The van der Waals surface area contributed by atoms with Crippen molar-refractivity contribution in [1.29, 1.82) is 0 Å². The molecule has 0 aromatic carbocycles. The number of carboxylic acid groups (broad SMARTS) is 1. The first-order valence-corrected chi connectivity index (χ1v) is 6.87. The molecular weight excluding hydrogens is 258 g/mol. The quantitative estimate of drug-likeness (QED) is 0.869. The third-order valence-electron chi connectivity index (χ3n) is 4.18. The average molecular weight is 279 g/mol. The highest BCUT2D eigenvalue weighted by Crippen LogP contribution is 2.38. The Bertz CT molecular complexity index is 538. The summed E-state index contributed by atoms with van der Waals surface area (Å²) in [5.74, 6) is -1.03. The van der Waals surface area contributed by atoms with Crippen LogP contribution in [0.4, 0.5) is 0 Å². The van der Waals surface area contributed by atoms with Crippen LogP contribution in [0.2, 0.25) is 0 Å². The number of carbonyl (C=O) groups is 2. The van der Waals surface area contributed by atoms with E-state index < -0.39 is 11.4 Å². The fourth-order valence-corrected chi connectivity index (χ4v) is 2.86. The second-order valence-corrected chi connectivity index (χ2v) is 5.82.